The summed E-state index contributed by atoms with van der Waals surface area (Å²) in [6, 6.07) is 11.5. The zero-order valence-corrected chi connectivity index (χ0v) is 12.8. The highest BCUT2D eigenvalue weighted by molar-refractivity contribution is 7.99. The number of carbonyl (C=O) groups is 2. The van der Waals surface area contributed by atoms with Gasteiger partial charge in [0.2, 0.25) is 5.91 Å². The highest BCUT2D eigenvalue weighted by Crippen LogP contribution is 2.46. The summed E-state index contributed by atoms with van der Waals surface area (Å²) in [5.41, 5.74) is 0.649. The van der Waals surface area contributed by atoms with Gasteiger partial charge < -0.3 is 0 Å². The zero-order chi connectivity index (χ0) is 14.8. The van der Waals surface area contributed by atoms with Crippen molar-refractivity contribution in [3.63, 3.8) is 0 Å². The van der Waals surface area contributed by atoms with Crippen LogP contribution in [-0.4, -0.2) is 11.8 Å². The van der Waals surface area contributed by atoms with E-state index in [1.165, 1.54) is 11.0 Å². The second-order valence-electron chi connectivity index (χ2n) is 4.57. The molecule has 0 aliphatic carbocycles. The van der Waals surface area contributed by atoms with Gasteiger partial charge >= 0.3 is 0 Å². The van der Waals surface area contributed by atoms with E-state index in [2.05, 4.69) is 6.58 Å². The van der Waals surface area contributed by atoms with Crippen LogP contribution in [0.4, 0.5) is 5.69 Å². The highest BCUT2D eigenvalue weighted by Gasteiger charge is 2.32. The van der Waals surface area contributed by atoms with Crippen LogP contribution in [0.3, 0.4) is 0 Å². The minimum atomic E-state index is -0.375. The lowest BCUT2D eigenvalue weighted by molar-refractivity contribution is -0.124. The van der Waals surface area contributed by atoms with Gasteiger partial charge in [-0.25, -0.2) is 4.90 Å². The summed E-state index contributed by atoms with van der Waals surface area (Å²) in [6.07, 6.45) is 1.49. The molecule has 0 fully saturated rings. The summed E-state index contributed by atoms with van der Waals surface area (Å²) < 4.78 is 0. The van der Waals surface area contributed by atoms with Crippen molar-refractivity contribution in [2.24, 2.45) is 0 Å². The Morgan fingerprint density at radius 1 is 1.29 bits per heavy atom. The number of fused-ring (bicyclic) bond motifs is 1. The van der Waals surface area contributed by atoms with Crippen LogP contribution in [0.2, 0.25) is 0 Å². The Labute approximate surface area is 131 Å². The molecule has 1 atom stereocenters. The van der Waals surface area contributed by atoms with Crippen LogP contribution in [0.1, 0.15) is 16.5 Å². The van der Waals surface area contributed by atoms with Gasteiger partial charge in [-0.1, -0.05) is 24.8 Å². The van der Waals surface area contributed by atoms with Gasteiger partial charge in [0, 0.05) is 16.2 Å². The number of para-hydroxylation sites is 1. The molecule has 106 valence electrons. The largest absolute Gasteiger partial charge is 0.274 e. The van der Waals surface area contributed by atoms with E-state index >= 15 is 0 Å². The average Bonchev–Trinajstić information content (AvgIpc) is 2.97. The zero-order valence-electron chi connectivity index (χ0n) is 11.2. The smallest absolute Gasteiger partial charge is 0.257 e. The summed E-state index contributed by atoms with van der Waals surface area (Å²) in [7, 11) is 0. The van der Waals surface area contributed by atoms with E-state index in [1.54, 1.807) is 29.2 Å². The third-order valence-electron chi connectivity index (χ3n) is 3.24. The first-order valence-corrected chi connectivity index (χ1v) is 8.25. The normalized spacial score (nSPS) is 18.0. The Morgan fingerprint density at radius 2 is 2.10 bits per heavy atom. The van der Waals surface area contributed by atoms with Gasteiger partial charge in [0.1, 0.15) is 0 Å². The van der Waals surface area contributed by atoms with Gasteiger partial charge in [0.15, 0.2) is 0 Å². The van der Waals surface area contributed by atoms with Gasteiger partial charge in [0.05, 0.1) is 10.9 Å². The Bertz CT molecular complexity index is 694. The van der Waals surface area contributed by atoms with Crippen LogP contribution in [-0.2, 0) is 9.59 Å². The summed E-state index contributed by atoms with van der Waals surface area (Å²) in [4.78, 5) is 27.9. The molecule has 2 aromatic rings. The first kappa shape index (κ1) is 14.1. The molecule has 2 heterocycles. The number of rotatable bonds is 2. The van der Waals surface area contributed by atoms with E-state index in [0.717, 1.165) is 9.77 Å². The topological polar surface area (TPSA) is 37.4 Å². The molecule has 5 heteroatoms. The average molecular weight is 315 g/mol. The summed E-state index contributed by atoms with van der Waals surface area (Å²) in [5, 5.41) is 2.05. The quantitative estimate of drug-likeness (QED) is 0.785. The van der Waals surface area contributed by atoms with Crippen molar-refractivity contribution in [3.05, 3.63) is 59.3 Å². The lowest BCUT2D eigenvalue weighted by Crippen LogP contribution is -2.35. The van der Waals surface area contributed by atoms with Crippen LogP contribution in [0.15, 0.2) is 59.3 Å². The monoisotopic (exact) mass is 315 g/mol. The van der Waals surface area contributed by atoms with Crippen LogP contribution < -0.4 is 4.90 Å². The Balaban J connectivity index is 2.07. The molecule has 21 heavy (non-hydrogen) atoms. The molecule has 3 nitrogen and oxygen atoms in total. The molecule has 0 bridgehead atoms. The van der Waals surface area contributed by atoms with Crippen LogP contribution in [0.5, 0.6) is 0 Å². The number of thiophene rings is 1. The van der Waals surface area contributed by atoms with Gasteiger partial charge in [-0.05, 0) is 29.7 Å². The maximum Gasteiger partial charge on any atom is 0.257 e. The van der Waals surface area contributed by atoms with Crippen LogP contribution in [0.25, 0.3) is 0 Å². The van der Waals surface area contributed by atoms with E-state index in [9.17, 15) is 9.59 Å². The molecule has 1 unspecified atom stereocenters. The third kappa shape index (κ3) is 2.66. The molecular weight excluding hydrogens is 302 g/mol. The van der Waals surface area contributed by atoms with E-state index in [4.69, 9.17) is 0 Å². The molecule has 0 radical (unpaired) electrons. The number of carbonyl (C=O) groups excluding carboxylic acids is 2. The minimum absolute atomic E-state index is 0.0428. The van der Waals surface area contributed by atoms with E-state index in [1.807, 2.05) is 35.7 Å². The number of hydrogen-bond acceptors (Lipinski definition) is 4. The number of hydrogen-bond donors (Lipinski definition) is 0. The Hall–Kier alpha value is -1.85. The molecule has 1 aliphatic rings. The molecule has 1 aliphatic heterocycles. The molecule has 0 spiro atoms. The molecule has 2 amide bonds. The maximum absolute atomic E-state index is 12.5. The predicted molar refractivity (Wildman–Crippen MR) is 86.7 cm³/mol. The van der Waals surface area contributed by atoms with Crippen molar-refractivity contribution in [2.75, 3.05) is 4.90 Å². The number of nitrogens with zero attached hydrogens (tertiary/aromatic N) is 1. The number of amides is 2. The summed E-state index contributed by atoms with van der Waals surface area (Å²) >= 11 is 3.27. The lowest BCUT2D eigenvalue weighted by Gasteiger charge is -2.18. The minimum Gasteiger partial charge on any atom is -0.274 e. The van der Waals surface area contributed by atoms with Crippen molar-refractivity contribution < 1.29 is 9.59 Å². The third-order valence-corrected chi connectivity index (χ3v) is 5.68. The van der Waals surface area contributed by atoms with Crippen LogP contribution in [0, 0.1) is 0 Å². The number of imide groups is 1. The second-order valence-corrected chi connectivity index (χ2v) is 6.79. The molecule has 1 aromatic carbocycles. The van der Waals surface area contributed by atoms with Crippen molar-refractivity contribution >= 4 is 40.6 Å². The first-order valence-electron chi connectivity index (χ1n) is 6.49. The standard InChI is InChI=1S/C16H13NO2S2/c1-2-15(18)17-11-6-3-4-7-12(11)21-14(10-16(17)19)13-8-5-9-20-13/h2-9,14H,1,10H2. The number of benzene rings is 1. The lowest BCUT2D eigenvalue weighted by atomic mass is 10.2. The fourth-order valence-corrected chi connectivity index (χ4v) is 4.47. The highest BCUT2D eigenvalue weighted by atomic mass is 32.2. The molecule has 1 aromatic heterocycles. The van der Waals surface area contributed by atoms with E-state index in [-0.39, 0.29) is 17.1 Å². The second kappa shape index (κ2) is 5.87. The molecule has 0 saturated heterocycles. The Morgan fingerprint density at radius 3 is 2.81 bits per heavy atom. The molecule has 3 rings (SSSR count). The van der Waals surface area contributed by atoms with Gasteiger partial charge in [-0.2, -0.15) is 0 Å². The van der Waals surface area contributed by atoms with Gasteiger partial charge in [0.25, 0.3) is 5.91 Å². The summed E-state index contributed by atoms with van der Waals surface area (Å²) in [5.74, 6) is -0.560. The van der Waals surface area contributed by atoms with Gasteiger partial charge in [-0.3, -0.25) is 9.59 Å². The van der Waals surface area contributed by atoms with Crippen molar-refractivity contribution in [3.8, 4) is 0 Å². The first-order chi connectivity index (χ1) is 10.2. The molecule has 0 saturated carbocycles. The SMILES string of the molecule is C=CC(=O)N1C(=O)CC(c2cccs2)Sc2ccccc21. The predicted octanol–water partition coefficient (Wildman–Crippen LogP) is 4.03. The molecule has 0 N–H and O–H groups in total. The van der Waals surface area contributed by atoms with Gasteiger partial charge in [-0.15, -0.1) is 23.1 Å². The number of thioether (sulfide) groups is 1. The maximum atomic E-state index is 12.5. The number of anilines is 1. The fourth-order valence-electron chi connectivity index (χ4n) is 2.29. The van der Waals surface area contributed by atoms with Crippen molar-refractivity contribution in [2.45, 2.75) is 16.6 Å². The van der Waals surface area contributed by atoms with Crippen molar-refractivity contribution in [1.29, 1.82) is 0 Å². The van der Waals surface area contributed by atoms with Crippen LogP contribution >= 0.6 is 23.1 Å². The van der Waals surface area contributed by atoms with E-state index < -0.39 is 0 Å². The summed E-state index contributed by atoms with van der Waals surface area (Å²) in [6.45, 7) is 3.49. The molecular formula is C16H13NO2S2. The van der Waals surface area contributed by atoms with Crippen molar-refractivity contribution in [1.82, 2.24) is 0 Å². The van der Waals surface area contributed by atoms with E-state index in [0.29, 0.717) is 12.1 Å². The fraction of sp³-hybridized carbons (Fsp3) is 0.125. The Kier molecular flexibility index (Phi) is 3.94.